The first-order valence-corrected chi connectivity index (χ1v) is 6.22. The van der Waals surface area contributed by atoms with E-state index in [4.69, 9.17) is 22.4 Å². The Labute approximate surface area is 115 Å². The van der Waals surface area contributed by atoms with E-state index in [0.29, 0.717) is 11.4 Å². The molecule has 0 bridgehead atoms. The number of rotatable bonds is 5. The average Bonchev–Trinajstić information content (AvgIpc) is 2.83. The Balaban J connectivity index is 2.07. The highest BCUT2D eigenvalue weighted by atomic mass is 35.5. The Bertz CT molecular complexity index is 566. The van der Waals surface area contributed by atoms with Crippen molar-refractivity contribution in [3.63, 3.8) is 0 Å². The van der Waals surface area contributed by atoms with Crippen LogP contribution in [0, 0.1) is 0 Å². The molecule has 6 heteroatoms. The molecule has 0 radical (unpaired) electrons. The molecule has 1 unspecified atom stereocenters. The molecule has 0 spiro atoms. The maximum Gasteiger partial charge on any atom is 0.303 e. The van der Waals surface area contributed by atoms with Crippen LogP contribution in [0.1, 0.15) is 24.4 Å². The van der Waals surface area contributed by atoms with Gasteiger partial charge in [0.15, 0.2) is 0 Å². The Kier molecular flexibility index (Phi) is 4.19. The van der Waals surface area contributed by atoms with Gasteiger partial charge in [-0.25, -0.2) is 4.68 Å². The lowest BCUT2D eigenvalue weighted by Crippen LogP contribution is -2.12. The van der Waals surface area contributed by atoms with Crippen molar-refractivity contribution >= 4 is 17.6 Å². The van der Waals surface area contributed by atoms with Crippen LogP contribution in [0.2, 0.25) is 5.02 Å². The number of hydrogen-bond acceptors (Lipinski definition) is 3. The molecule has 2 aromatic rings. The fourth-order valence-corrected chi connectivity index (χ4v) is 1.90. The third kappa shape index (κ3) is 3.56. The predicted molar refractivity (Wildman–Crippen MR) is 72.4 cm³/mol. The highest BCUT2D eigenvalue weighted by Crippen LogP contribution is 2.18. The van der Waals surface area contributed by atoms with E-state index >= 15 is 0 Å². The van der Waals surface area contributed by atoms with Gasteiger partial charge < -0.3 is 10.8 Å². The summed E-state index contributed by atoms with van der Waals surface area (Å²) in [6.07, 6.45) is 3.76. The van der Waals surface area contributed by atoms with Crippen molar-refractivity contribution in [2.24, 2.45) is 5.73 Å². The van der Waals surface area contributed by atoms with Crippen LogP contribution in [0.15, 0.2) is 36.7 Å². The smallest absolute Gasteiger partial charge is 0.303 e. The summed E-state index contributed by atoms with van der Waals surface area (Å²) in [6.45, 7) is 0. The summed E-state index contributed by atoms with van der Waals surface area (Å²) < 4.78 is 1.66. The van der Waals surface area contributed by atoms with Crippen LogP contribution in [-0.4, -0.2) is 20.9 Å². The summed E-state index contributed by atoms with van der Waals surface area (Å²) in [4.78, 5) is 10.5. The second kappa shape index (κ2) is 5.86. The number of carbonyl (C=O) groups is 1. The lowest BCUT2D eigenvalue weighted by Gasteiger charge is -2.11. The molecule has 0 saturated carbocycles. The summed E-state index contributed by atoms with van der Waals surface area (Å²) in [5.41, 5.74) is 7.71. The number of nitrogens with zero attached hydrogens (tertiary/aromatic N) is 2. The van der Waals surface area contributed by atoms with E-state index in [-0.39, 0.29) is 12.5 Å². The van der Waals surface area contributed by atoms with E-state index in [1.165, 1.54) is 0 Å². The van der Waals surface area contributed by atoms with Gasteiger partial charge in [0.05, 0.1) is 16.9 Å². The van der Waals surface area contributed by atoms with Gasteiger partial charge in [-0.1, -0.05) is 23.7 Å². The summed E-state index contributed by atoms with van der Waals surface area (Å²) in [5.74, 6) is -0.835. The molecule has 0 saturated heterocycles. The van der Waals surface area contributed by atoms with Gasteiger partial charge in [-0.2, -0.15) is 5.10 Å². The van der Waals surface area contributed by atoms with E-state index in [9.17, 15) is 4.79 Å². The van der Waals surface area contributed by atoms with E-state index in [1.54, 1.807) is 17.1 Å². The molecule has 1 aromatic carbocycles. The Hall–Kier alpha value is -1.85. The lowest BCUT2D eigenvalue weighted by atomic mass is 10.0. The topological polar surface area (TPSA) is 81.1 Å². The summed E-state index contributed by atoms with van der Waals surface area (Å²) in [7, 11) is 0. The maximum absolute atomic E-state index is 10.5. The molecule has 3 N–H and O–H groups in total. The van der Waals surface area contributed by atoms with Gasteiger partial charge in [-0.3, -0.25) is 4.79 Å². The maximum atomic E-state index is 10.5. The average molecular weight is 280 g/mol. The van der Waals surface area contributed by atoms with Crippen molar-refractivity contribution in [1.29, 1.82) is 0 Å². The zero-order valence-corrected chi connectivity index (χ0v) is 10.9. The van der Waals surface area contributed by atoms with Gasteiger partial charge in [0.2, 0.25) is 0 Å². The van der Waals surface area contributed by atoms with Gasteiger partial charge in [-0.15, -0.1) is 0 Å². The number of carboxylic acids is 1. The van der Waals surface area contributed by atoms with E-state index in [0.717, 1.165) is 11.3 Å². The molecule has 0 fully saturated rings. The molecule has 0 aliphatic carbocycles. The van der Waals surface area contributed by atoms with Crippen molar-refractivity contribution in [1.82, 2.24) is 9.78 Å². The van der Waals surface area contributed by atoms with Gasteiger partial charge in [0.25, 0.3) is 0 Å². The molecular formula is C13H14ClN3O2. The van der Waals surface area contributed by atoms with Crippen molar-refractivity contribution in [2.75, 3.05) is 0 Å². The minimum atomic E-state index is -0.835. The molecule has 100 valence electrons. The standard InChI is InChI=1S/C13H14ClN3O2/c14-10-7-16-17(8-10)11-3-1-9(2-4-11)12(15)5-6-13(18)19/h1-4,7-8,12H,5-6,15H2,(H,18,19). The normalized spacial score (nSPS) is 12.3. The second-order valence-corrected chi connectivity index (χ2v) is 4.67. The van der Waals surface area contributed by atoms with E-state index < -0.39 is 5.97 Å². The second-order valence-electron chi connectivity index (χ2n) is 4.23. The molecule has 0 aliphatic rings. The quantitative estimate of drug-likeness (QED) is 0.880. The fourth-order valence-electron chi connectivity index (χ4n) is 1.76. The molecule has 5 nitrogen and oxygen atoms in total. The van der Waals surface area contributed by atoms with Crippen molar-refractivity contribution < 1.29 is 9.90 Å². The predicted octanol–water partition coefficient (Wildman–Crippen LogP) is 2.39. The molecule has 0 amide bonds. The van der Waals surface area contributed by atoms with Crippen LogP contribution in [-0.2, 0) is 4.79 Å². The van der Waals surface area contributed by atoms with Gasteiger partial charge >= 0.3 is 5.97 Å². The van der Waals surface area contributed by atoms with Crippen molar-refractivity contribution in [3.8, 4) is 5.69 Å². The third-order valence-electron chi connectivity index (χ3n) is 2.81. The number of nitrogens with two attached hydrogens (primary N) is 1. The van der Waals surface area contributed by atoms with Gasteiger partial charge in [-0.05, 0) is 24.1 Å². The van der Waals surface area contributed by atoms with Gasteiger partial charge in [0, 0.05) is 18.7 Å². The third-order valence-corrected chi connectivity index (χ3v) is 3.00. The fraction of sp³-hybridized carbons (Fsp3) is 0.231. The SMILES string of the molecule is NC(CCC(=O)O)c1ccc(-n2cc(Cl)cn2)cc1. The van der Waals surface area contributed by atoms with Crippen LogP contribution < -0.4 is 5.73 Å². The first-order valence-electron chi connectivity index (χ1n) is 5.84. The minimum absolute atomic E-state index is 0.0671. The van der Waals surface area contributed by atoms with Crippen LogP contribution in [0.25, 0.3) is 5.69 Å². The van der Waals surface area contributed by atoms with Crippen LogP contribution in [0.4, 0.5) is 0 Å². The Morgan fingerprint density at radius 3 is 2.63 bits per heavy atom. The number of halogens is 1. The molecule has 19 heavy (non-hydrogen) atoms. The Morgan fingerprint density at radius 2 is 2.11 bits per heavy atom. The van der Waals surface area contributed by atoms with Crippen molar-refractivity contribution in [2.45, 2.75) is 18.9 Å². The molecule has 1 atom stereocenters. The van der Waals surface area contributed by atoms with Crippen molar-refractivity contribution in [3.05, 3.63) is 47.2 Å². The first kappa shape index (κ1) is 13.6. The highest BCUT2D eigenvalue weighted by molar-refractivity contribution is 6.30. The molecule has 0 aliphatic heterocycles. The minimum Gasteiger partial charge on any atom is -0.481 e. The number of carboxylic acid groups (broad SMARTS) is 1. The van der Waals surface area contributed by atoms with Gasteiger partial charge in [0.1, 0.15) is 0 Å². The summed E-state index contributed by atoms with van der Waals surface area (Å²) in [6, 6.07) is 7.22. The van der Waals surface area contributed by atoms with E-state index in [1.807, 2.05) is 24.3 Å². The first-order chi connectivity index (χ1) is 9.06. The zero-order valence-electron chi connectivity index (χ0n) is 10.2. The Morgan fingerprint density at radius 1 is 1.42 bits per heavy atom. The molecule has 1 heterocycles. The number of benzene rings is 1. The number of aromatic nitrogens is 2. The molecule has 2 rings (SSSR count). The summed E-state index contributed by atoms with van der Waals surface area (Å²) >= 11 is 5.80. The number of aliphatic carboxylic acids is 1. The summed E-state index contributed by atoms with van der Waals surface area (Å²) in [5, 5.41) is 13.3. The van der Waals surface area contributed by atoms with Crippen LogP contribution in [0.3, 0.4) is 0 Å². The van der Waals surface area contributed by atoms with Crippen LogP contribution >= 0.6 is 11.6 Å². The lowest BCUT2D eigenvalue weighted by molar-refractivity contribution is -0.137. The monoisotopic (exact) mass is 279 g/mol. The zero-order chi connectivity index (χ0) is 13.8. The van der Waals surface area contributed by atoms with E-state index in [2.05, 4.69) is 5.10 Å². The molecule has 1 aromatic heterocycles. The number of hydrogen-bond donors (Lipinski definition) is 2. The highest BCUT2D eigenvalue weighted by Gasteiger charge is 2.08. The largest absolute Gasteiger partial charge is 0.481 e. The molecular weight excluding hydrogens is 266 g/mol. The van der Waals surface area contributed by atoms with Crippen LogP contribution in [0.5, 0.6) is 0 Å².